The molecule has 5 nitrogen and oxygen atoms in total. The van der Waals surface area contributed by atoms with Crippen LogP contribution < -0.4 is 15.2 Å². The van der Waals surface area contributed by atoms with Gasteiger partial charge in [-0.25, -0.2) is 4.98 Å². The maximum absolute atomic E-state index is 5.73. The van der Waals surface area contributed by atoms with Gasteiger partial charge in [0.05, 0.1) is 6.61 Å². The summed E-state index contributed by atoms with van der Waals surface area (Å²) in [5.74, 6) is 2.45. The average Bonchev–Trinajstić information content (AvgIpc) is 2.41. The molecule has 0 aliphatic heterocycles. The highest BCUT2D eigenvalue weighted by Gasteiger charge is 2.08. The van der Waals surface area contributed by atoms with Gasteiger partial charge in [0.25, 0.3) is 0 Å². The van der Waals surface area contributed by atoms with Crippen LogP contribution in [0.4, 0.5) is 0 Å². The van der Waals surface area contributed by atoms with Crippen molar-refractivity contribution in [2.45, 2.75) is 20.4 Å². The van der Waals surface area contributed by atoms with Gasteiger partial charge >= 0.3 is 0 Å². The zero-order valence-corrected chi connectivity index (χ0v) is 11.1. The summed E-state index contributed by atoms with van der Waals surface area (Å²) in [7, 11) is 0. The molecule has 2 N–H and O–H groups in total. The van der Waals surface area contributed by atoms with E-state index >= 15 is 0 Å². The third kappa shape index (κ3) is 3.42. The second-order valence-electron chi connectivity index (χ2n) is 3.96. The Morgan fingerprint density at radius 1 is 1.21 bits per heavy atom. The Labute approximate surface area is 112 Å². The molecule has 0 aliphatic carbocycles. The number of nitrogens with zero attached hydrogens (tertiary/aromatic N) is 2. The van der Waals surface area contributed by atoms with Crippen molar-refractivity contribution >= 4 is 0 Å². The first-order chi connectivity index (χ1) is 9.22. The van der Waals surface area contributed by atoms with Crippen molar-refractivity contribution in [1.82, 2.24) is 9.97 Å². The molecule has 0 amide bonds. The van der Waals surface area contributed by atoms with Crippen molar-refractivity contribution in [1.29, 1.82) is 0 Å². The van der Waals surface area contributed by atoms with E-state index in [0.29, 0.717) is 36.4 Å². The number of aromatic nitrogens is 2. The Hall–Kier alpha value is -2.14. The largest absolute Gasteiger partial charge is 0.490 e. The fourth-order valence-corrected chi connectivity index (χ4v) is 1.64. The summed E-state index contributed by atoms with van der Waals surface area (Å²) >= 11 is 0. The second-order valence-corrected chi connectivity index (χ2v) is 3.96. The summed E-state index contributed by atoms with van der Waals surface area (Å²) in [5, 5.41) is 0. The lowest BCUT2D eigenvalue weighted by Gasteiger charge is -2.12. The predicted octanol–water partition coefficient (Wildman–Crippen LogP) is 2.43. The molecular formula is C14H17N3O2. The first-order valence-electron chi connectivity index (χ1n) is 6.16. The van der Waals surface area contributed by atoms with E-state index in [1.165, 1.54) is 0 Å². The molecule has 2 aromatic rings. The molecule has 0 bridgehead atoms. The predicted molar refractivity (Wildman–Crippen MR) is 72.3 cm³/mol. The maximum Gasteiger partial charge on any atom is 0.222 e. The number of aryl methyl sites for hydroxylation is 1. The van der Waals surface area contributed by atoms with Crippen molar-refractivity contribution in [3.05, 3.63) is 41.9 Å². The van der Waals surface area contributed by atoms with Crippen molar-refractivity contribution in [2.75, 3.05) is 6.61 Å². The molecule has 0 saturated heterocycles. The summed E-state index contributed by atoms with van der Waals surface area (Å²) in [5.41, 5.74) is 6.62. The molecule has 1 aromatic heterocycles. The SMILES string of the molecule is CCOc1cc(CN)ccc1Oc1ccnc(C)n1. The molecule has 5 heteroatoms. The first-order valence-corrected chi connectivity index (χ1v) is 6.16. The number of hydrogen-bond donors (Lipinski definition) is 1. The van der Waals surface area contributed by atoms with E-state index in [4.69, 9.17) is 15.2 Å². The lowest BCUT2D eigenvalue weighted by Crippen LogP contribution is -2.00. The average molecular weight is 259 g/mol. The van der Waals surface area contributed by atoms with Crippen LogP contribution >= 0.6 is 0 Å². The Bertz CT molecular complexity index is 558. The molecule has 0 spiro atoms. The Kier molecular flexibility index (Phi) is 4.30. The molecule has 0 radical (unpaired) electrons. The highest BCUT2D eigenvalue weighted by molar-refractivity contribution is 5.44. The lowest BCUT2D eigenvalue weighted by molar-refractivity contribution is 0.319. The topological polar surface area (TPSA) is 70.3 Å². The van der Waals surface area contributed by atoms with E-state index in [2.05, 4.69) is 9.97 Å². The summed E-state index contributed by atoms with van der Waals surface area (Å²) < 4.78 is 11.3. The van der Waals surface area contributed by atoms with Crippen molar-refractivity contribution in [2.24, 2.45) is 5.73 Å². The minimum absolute atomic E-state index is 0.465. The van der Waals surface area contributed by atoms with Gasteiger partial charge in [0.15, 0.2) is 11.5 Å². The molecule has 19 heavy (non-hydrogen) atoms. The fraction of sp³-hybridized carbons (Fsp3) is 0.286. The van der Waals surface area contributed by atoms with E-state index < -0.39 is 0 Å². The normalized spacial score (nSPS) is 10.3. The van der Waals surface area contributed by atoms with Gasteiger partial charge in [0, 0.05) is 18.8 Å². The molecule has 2 rings (SSSR count). The Morgan fingerprint density at radius 3 is 2.74 bits per heavy atom. The van der Waals surface area contributed by atoms with Gasteiger partial charge in [-0.15, -0.1) is 0 Å². The monoisotopic (exact) mass is 259 g/mol. The van der Waals surface area contributed by atoms with E-state index in [9.17, 15) is 0 Å². The van der Waals surface area contributed by atoms with Gasteiger partial charge in [-0.1, -0.05) is 6.07 Å². The number of benzene rings is 1. The van der Waals surface area contributed by atoms with Gasteiger partial charge in [0.2, 0.25) is 5.88 Å². The molecule has 0 atom stereocenters. The zero-order valence-electron chi connectivity index (χ0n) is 11.1. The summed E-state index contributed by atoms with van der Waals surface area (Å²) in [6.07, 6.45) is 1.66. The molecule has 1 heterocycles. The minimum atomic E-state index is 0.465. The minimum Gasteiger partial charge on any atom is -0.490 e. The third-order valence-electron chi connectivity index (χ3n) is 2.51. The van der Waals surface area contributed by atoms with E-state index in [1.807, 2.05) is 32.0 Å². The molecule has 1 aromatic carbocycles. The second kappa shape index (κ2) is 6.15. The van der Waals surface area contributed by atoms with Gasteiger partial charge < -0.3 is 15.2 Å². The van der Waals surface area contributed by atoms with Gasteiger partial charge in [-0.2, -0.15) is 4.98 Å². The number of ether oxygens (including phenoxy) is 2. The lowest BCUT2D eigenvalue weighted by atomic mass is 10.2. The van der Waals surface area contributed by atoms with Crippen LogP contribution in [0.5, 0.6) is 17.4 Å². The van der Waals surface area contributed by atoms with Gasteiger partial charge in [-0.3, -0.25) is 0 Å². The summed E-state index contributed by atoms with van der Waals surface area (Å²) in [4.78, 5) is 8.23. The van der Waals surface area contributed by atoms with Gasteiger partial charge in [0.1, 0.15) is 5.82 Å². The Morgan fingerprint density at radius 2 is 2.05 bits per heavy atom. The van der Waals surface area contributed by atoms with Crippen molar-refractivity contribution in [3.63, 3.8) is 0 Å². The van der Waals surface area contributed by atoms with E-state index in [-0.39, 0.29) is 0 Å². The van der Waals surface area contributed by atoms with Crippen LogP contribution in [0, 0.1) is 6.92 Å². The van der Waals surface area contributed by atoms with E-state index in [1.54, 1.807) is 12.3 Å². The van der Waals surface area contributed by atoms with Crippen molar-refractivity contribution in [3.8, 4) is 17.4 Å². The summed E-state index contributed by atoms with van der Waals surface area (Å²) in [6, 6.07) is 7.34. The summed E-state index contributed by atoms with van der Waals surface area (Å²) in [6.45, 7) is 4.77. The van der Waals surface area contributed by atoms with E-state index in [0.717, 1.165) is 5.56 Å². The molecule has 0 fully saturated rings. The quantitative estimate of drug-likeness (QED) is 0.893. The van der Waals surface area contributed by atoms with Crippen LogP contribution in [-0.4, -0.2) is 16.6 Å². The smallest absolute Gasteiger partial charge is 0.222 e. The fourth-order valence-electron chi connectivity index (χ4n) is 1.64. The van der Waals surface area contributed by atoms with Crippen LogP contribution in [0.25, 0.3) is 0 Å². The molecular weight excluding hydrogens is 242 g/mol. The third-order valence-corrected chi connectivity index (χ3v) is 2.51. The van der Waals surface area contributed by atoms with Crippen LogP contribution in [-0.2, 0) is 6.54 Å². The van der Waals surface area contributed by atoms with Crippen LogP contribution in [0.15, 0.2) is 30.5 Å². The zero-order chi connectivity index (χ0) is 13.7. The van der Waals surface area contributed by atoms with Crippen LogP contribution in [0.3, 0.4) is 0 Å². The molecule has 0 aliphatic rings. The number of hydrogen-bond acceptors (Lipinski definition) is 5. The molecule has 0 unspecified atom stereocenters. The molecule has 0 saturated carbocycles. The highest BCUT2D eigenvalue weighted by atomic mass is 16.5. The number of rotatable bonds is 5. The van der Waals surface area contributed by atoms with Crippen molar-refractivity contribution < 1.29 is 9.47 Å². The number of nitrogens with two attached hydrogens (primary N) is 1. The van der Waals surface area contributed by atoms with Gasteiger partial charge in [-0.05, 0) is 31.5 Å². The molecule has 100 valence electrons. The highest BCUT2D eigenvalue weighted by Crippen LogP contribution is 2.31. The van der Waals surface area contributed by atoms with Crippen LogP contribution in [0.2, 0.25) is 0 Å². The first kappa shape index (κ1) is 13.3. The van der Waals surface area contributed by atoms with Crippen LogP contribution in [0.1, 0.15) is 18.3 Å². The standard InChI is InChI=1S/C14H17N3O2/c1-3-18-13-8-11(9-15)4-5-12(13)19-14-6-7-16-10(2)17-14/h4-8H,3,9,15H2,1-2H3. The Balaban J connectivity index is 2.28. The maximum atomic E-state index is 5.73.